The van der Waals surface area contributed by atoms with Crippen LogP contribution < -0.4 is 16.4 Å². The molecular weight excluding hydrogens is 242 g/mol. The zero-order valence-electron chi connectivity index (χ0n) is 11.5. The van der Waals surface area contributed by atoms with Crippen LogP contribution in [-0.4, -0.2) is 24.9 Å². The van der Waals surface area contributed by atoms with Gasteiger partial charge in [-0.25, -0.2) is 0 Å². The average molecular weight is 263 g/mol. The van der Waals surface area contributed by atoms with E-state index in [1.807, 2.05) is 13.8 Å². The molecule has 0 bridgehead atoms. The number of hydrogen-bond donors (Lipinski definition) is 3. The number of benzene rings is 1. The second-order valence-corrected chi connectivity index (χ2v) is 4.49. The molecule has 2 amide bonds. The smallest absolute Gasteiger partial charge is 0.251 e. The SMILES string of the molecule is CCCNC(=O)CCNC(=O)c1cc(C)cc(N)c1. The lowest BCUT2D eigenvalue weighted by Gasteiger charge is -2.07. The van der Waals surface area contributed by atoms with Crippen LogP contribution in [0.1, 0.15) is 35.7 Å². The van der Waals surface area contributed by atoms with E-state index < -0.39 is 0 Å². The Morgan fingerprint density at radius 3 is 2.53 bits per heavy atom. The average Bonchev–Trinajstić information content (AvgIpc) is 2.35. The van der Waals surface area contributed by atoms with Crippen molar-refractivity contribution >= 4 is 17.5 Å². The quantitative estimate of drug-likeness (QED) is 0.675. The predicted molar refractivity (Wildman–Crippen MR) is 75.8 cm³/mol. The molecule has 0 saturated heterocycles. The maximum absolute atomic E-state index is 11.8. The van der Waals surface area contributed by atoms with E-state index in [9.17, 15) is 9.59 Å². The van der Waals surface area contributed by atoms with E-state index in [-0.39, 0.29) is 18.2 Å². The molecule has 0 spiro atoms. The van der Waals surface area contributed by atoms with Crippen molar-refractivity contribution in [2.45, 2.75) is 26.7 Å². The van der Waals surface area contributed by atoms with Gasteiger partial charge in [-0.1, -0.05) is 6.92 Å². The molecular formula is C14H21N3O2. The van der Waals surface area contributed by atoms with Crippen molar-refractivity contribution in [2.24, 2.45) is 0 Å². The van der Waals surface area contributed by atoms with Crippen molar-refractivity contribution in [3.8, 4) is 0 Å². The Morgan fingerprint density at radius 1 is 1.16 bits per heavy atom. The summed E-state index contributed by atoms with van der Waals surface area (Å²) >= 11 is 0. The van der Waals surface area contributed by atoms with Gasteiger partial charge in [0.15, 0.2) is 0 Å². The molecule has 104 valence electrons. The molecule has 0 radical (unpaired) electrons. The van der Waals surface area contributed by atoms with Crippen LogP contribution in [0, 0.1) is 6.92 Å². The lowest BCUT2D eigenvalue weighted by atomic mass is 10.1. The Balaban J connectivity index is 2.41. The van der Waals surface area contributed by atoms with E-state index in [2.05, 4.69) is 10.6 Å². The molecule has 0 aliphatic carbocycles. The topological polar surface area (TPSA) is 84.2 Å². The Hall–Kier alpha value is -2.04. The van der Waals surface area contributed by atoms with E-state index in [1.54, 1.807) is 18.2 Å². The first kappa shape index (κ1) is 15.0. The van der Waals surface area contributed by atoms with Gasteiger partial charge in [0, 0.05) is 30.8 Å². The van der Waals surface area contributed by atoms with Crippen LogP contribution in [0.5, 0.6) is 0 Å². The van der Waals surface area contributed by atoms with Gasteiger partial charge >= 0.3 is 0 Å². The van der Waals surface area contributed by atoms with E-state index in [4.69, 9.17) is 5.73 Å². The molecule has 19 heavy (non-hydrogen) atoms. The number of nitrogens with two attached hydrogens (primary N) is 1. The molecule has 0 aliphatic rings. The zero-order chi connectivity index (χ0) is 14.3. The first-order chi connectivity index (χ1) is 9.02. The van der Waals surface area contributed by atoms with Gasteiger partial charge in [0.2, 0.25) is 5.91 Å². The maximum atomic E-state index is 11.8. The summed E-state index contributed by atoms with van der Waals surface area (Å²) in [5.41, 5.74) is 7.70. The molecule has 0 saturated carbocycles. The lowest BCUT2D eigenvalue weighted by molar-refractivity contribution is -0.120. The number of aryl methyl sites for hydroxylation is 1. The van der Waals surface area contributed by atoms with Crippen LogP contribution in [0.15, 0.2) is 18.2 Å². The van der Waals surface area contributed by atoms with E-state index in [0.717, 1.165) is 12.0 Å². The minimum Gasteiger partial charge on any atom is -0.399 e. The van der Waals surface area contributed by atoms with Crippen molar-refractivity contribution in [3.63, 3.8) is 0 Å². The van der Waals surface area contributed by atoms with Gasteiger partial charge in [-0.2, -0.15) is 0 Å². The fraction of sp³-hybridized carbons (Fsp3) is 0.429. The molecule has 1 aromatic rings. The largest absolute Gasteiger partial charge is 0.399 e. The van der Waals surface area contributed by atoms with Gasteiger partial charge in [0.1, 0.15) is 0 Å². The predicted octanol–water partition coefficient (Wildman–Crippen LogP) is 1.22. The van der Waals surface area contributed by atoms with E-state index in [0.29, 0.717) is 24.3 Å². The molecule has 4 N–H and O–H groups in total. The van der Waals surface area contributed by atoms with Crippen molar-refractivity contribution in [1.82, 2.24) is 10.6 Å². The van der Waals surface area contributed by atoms with E-state index >= 15 is 0 Å². The fourth-order valence-corrected chi connectivity index (χ4v) is 1.69. The summed E-state index contributed by atoms with van der Waals surface area (Å²) < 4.78 is 0. The Kier molecular flexibility index (Phi) is 5.85. The minimum atomic E-state index is -0.210. The number of nitrogen functional groups attached to an aromatic ring is 1. The van der Waals surface area contributed by atoms with E-state index in [1.165, 1.54) is 0 Å². The minimum absolute atomic E-state index is 0.0501. The van der Waals surface area contributed by atoms with Gasteiger partial charge in [-0.15, -0.1) is 0 Å². The number of carbonyl (C=O) groups is 2. The maximum Gasteiger partial charge on any atom is 0.251 e. The highest BCUT2D eigenvalue weighted by molar-refractivity contribution is 5.95. The summed E-state index contributed by atoms with van der Waals surface area (Å²) in [7, 11) is 0. The first-order valence-electron chi connectivity index (χ1n) is 6.45. The number of nitrogens with one attached hydrogen (secondary N) is 2. The highest BCUT2D eigenvalue weighted by atomic mass is 16.2. The highest BCUT2D eigenvalue weighted by Crippen LogP contribution is 2.10. The van der Waals surface area contributed by atoms with Crippen LogP contribution in [0.25, 0.3) is 0 Å². The van der Waals surface area contributed by atoms with Crippen LogP contribution >= 0.6 is 0 Å². The van der Waals surface area contributed by atoms with Crippen LogP contribution in [0.3, 0.4) is 0 Å². The van der Waals surface area contributed by atoms with Gasteiger partial charge < -0.3 is 16.4 Å². The van der Waals surface area contributed by atoms with Gasteiger partial charge in [0.05, 0.1) is 0 Å². The molecule has 0 aliphatic heterocycles. The Morgan fingerprint density at radius 2 is 1.89 bits per heavy atom. The highest BCUT2D eigenvalue weighted by Gasteiger charge is 2.07. The molecule has 1 aromatic carbocycles. The second-order valence-electron chi connectivity index (χ2n) is 4.49. The first-order valence-corrected chi connectivity index (χ1v) is 6.45. The van der Waals surface area contributed by atoms with Crippen LogP contribution in [0.2, 0.25) is 0 Å². The second kappa shape index (κ2) is 7.41. The molecule has 5 heteroatoms. The third-order valence-corrected chi connectivity index (χ3v) is 2.57. The van der Waals surface area contributed by atoms with Crippen molar-refractivity contribution < 1.29 is 9.59 Å². The molecule has 0 atom stereocenters. The summed E-state index contributed by atoms with van der Waals surface area (Å²) in [6, 6.07) is 5.19. The molecule has 0 unspecified atom stereocenters. The number of carbonyl (C=O) groups excluding carboxylic acids is 2. The summed E-state index contributed by atoms with van der Waals surface area (Å²) in [5.74, 6) is -0.260. The molecule has 1 rings (SSSR count). The fourth-order valence-electron chi connectivity index (χ4n) is 1.69. The van der Waals surface area contributed by atoms with Gasteiger partial charge in [-0.3, -0.25) is 9.59 Å². The van der Waals surface area contributed by atoms with Gasteiger partial charge in [-0.05, 0) is 37.1 Å². The summed E-state index contributed by atoms with van der Waals surface area (Å²) in [4.78, 5) is 23.2. The lowest BCUT2D eigenvalue weighted by Crippen LogP contribution is -2.31. The normalized spacial score (nSPS) is 10.0. The third-order valence-electron chi connectivity index (χ3n) is 2.57. The molecule has 0 fully saturated rings. The van der Waals surface area contributed by atoms with Crippen molar-refractivity contribution in [2.75, 3.05) is 18.8 Å². The van der Waals surface area contributed by atoms with Crippen molar-refractivity contribution in [3.05, 3.63) is 29.3 Å². The Labute approximate surface area is 113 Å². The molecule has 0 aromatic heterocycles. The monoisotopic (exact) mass is 263 g/mol. The van der Waals surface area contributed by atoms with Gasteiger partial charge in [0.25, 0.3) is 5.91 Å². The number of amides is 2. The third kappa shape index (κ3) is 5.42. The number of hydrogen-bond acceptors (Lipinski definition) is 3. The zero-order valence-corrected chi connectivity index (χ0v) is 11.5. The Bertz CT molecular complexity index is 438. The molecule has 5 nitrogen and oxygen atoms in total. The van der Waals surface area contributed by atoms with Crippen LogP contribution in [0.4, 0.5) is 5.69 Å². The van der Waals surface area contributed by atoms with Crippen molar-refractivity contribution in [1.29, 1.82) is 0 Å². The molecule has 0 heterocycles. The number of anilines is 1. The van der Waals surface area contributed by atoms with Crippen LogP contribution in [-0.2, 0) is 4.79 Å². The summed E-state index contributed by atoms with van der Waals surface area (Å²) in [6.07, 6.45) is 1.19. The summed E-state index contributed by atoms with van der Waals surface area (Å²) in [6.45, 7) is 4.86. The number of rotatable bonds is 6. The standard InChI is InChI=1S/C14H21N3O2/c1-3-5-16-13(18)4-6-17-14(19)11-7-10(2)8-12(15)9-11/h7-9H,3-6,15H2,1-2H3,(H,16,18)(H,17,19). The summed E-state index contributed by atoms with van der Waals surface area (Å²) in [5, 5.41) is 5.46.